The fourth-order valence-electron chi connectivity index (χ4n) is 3.99. The molecule has 9 nitrogen and oxygen atoms in total. The highest BCUT2D eigenvalue weighted by Crippen LogP contribution is 2.36. The van der Waals surface area contributed by atoms with Crippen LogP contribution in [0.2, 0.25) is 0 Å². The summed E-state index contributed by atoms with van der Waals surface area (Å²) in [4.78, 5) is 17.1. The van der Waals surface area contributed by atoms with Crippen molar-refractivity contribution in [2.45, 2.75) is 58.3 Å². The van der Waals surface area contributed by atoms with Gasteiger partial charge in [-0.05, 0) is 51.3 Å². The van der Waals surface area contributed by atoms with E-state index in [-0.39, 0.29) is 27.9 Å². The Morgan fingerprint density at radius 2 is 1.84 bits per heavy atom. The molecule has 3 heterocycles. The lowest BCUT2D eigenvalue weighted by atomic mass is 10.1. The first-order valence-corrected chi connectivity index (χ1v) is 14.3. The van der Waals surface area contributed by atoms with Gasteiger partial charge in [0.25, 0.3) is 10.0 Å². The molecule has 0 fully saturated rings. The summed E-state index contributed by atoms with van der Waals surface area (Å²) in [6, 6.07) is 10.8. The van der Waals surface area contributed by atoms with Gasteiger partial charge in [0.15, 0.2) is 5.82 Å². The van der Waals surface area contributed by atoms with Crippen LogP contribution >= 0.6 is 11.3 Å². The number of carboxylic acid groups (broad SMARTS) is 1. The molecule has 0 radical (unpaired) electrons. The van der Waals surface area contributed by atoms with Gasteiger partial charge in [-0.2, -0.15) is 0 Å². The number of benzene rings is 1. The van der Waals surface area contributed by atoms with Crippen LogP contribution in [0, 0.1) is 27.7 Å². The lowest BCUT2D eigenvalue weighted by molar-refractivity contribution is 0.0689. The normalized spacial score (nSPS) is 11.5. The predicted molar refractivity (Wildman–Crippen MR) is 146 cm³/mol. The van der Waals surface area contributed by atoms with E-state index < -0.39 is 16.0 Å². The Kier molecular flexibility index (Phi) is 7.89. The van der Waals surface area contributed by atoms with Crippen LogP contribution < -0.4 is 9.46 Å². The van der Waals surface area contributed by atoms with Gasteiger partial charge in [0.2, 0.25) is 0 Å². The van der Waals surface area contributed by atoms with E-state index in [1.54, 1.807) is 26.8 Å². The average molecular weight is 556 g/mol. The molecule has 0 saturated heterocycles. The number of thiophene rings is 1. The van der Waals surface area contributed by atoms with E-state index >= 15 is 0 Å². The van der Waals surface area contributed by atoms with Crippen molar-refractivity contribution in [1.29, 1.82) is 0 Å². The largest absolute Gasteiger partial charge is 0.488 e. The number of nitrogens with zero attached hydrogens (tertiary/aromatic N) is 2. The fourth-order valence-corrected chi connectivity index (χ4v) is 6.71. The smallest absolute Gasteiger partial charge is 0.341 e. The van der Waals surface area contributed by atoms with Gasteiger partial charge in [-0.25, -0.2) is 13.2 Å². The molecular weight excluding hydrogens is 526 g/mol. The number of nitrogens with one attached hydrogen (secondary N) is 1. The van der Waals surface area contributed by atoms with Gasteiger partial charge in [-0.15, -0.1) is 11.3 Å². The molecule has 1 aromatic carbocycles. The van der Waals surface area contributed by atoms with Gasteiger partial charge in [0, 0.05) is 27.8 Å². The number of sulfonamides is 1. The molecule has 0 unspecified atom stereocenters. The maximum absolute atomic E-state index is 13.2. The van der Waals surface area contributed by atoms with Gasteiger partial charge in [0.1, 0.15) is 27.9 Å². The van der Waals surface area contributed by atoms with Crippen LogP contribution in [-0.4, -0.2) is 29.6 Å². The number of hydrogen-bond acceptors (Lipinski definition) is 8. The minimum absolute atomic E-state index is 0.0858. The molecular formula is C27H29N3O6S2. The predicted octanol–water partition coefficient (Wildman–Crippen LogP) is 6.06. The second-order valence-corrected chi connectivity index (χ2v) is 12.1. The molecule has 0 atom stereocenters. The molecule has 0 aliphatic carbocycles. The Morgan fingerprint density at radius 3 is 2.45 bits per heavy atom. The van der Waals surface area contributed by atoms with Crippen molar-refractivity contribution in [3.05, 3.63) is 75.1 Å². The minimum atomic E-state index is -3.90. The fraction of sp³-hybridized carbons (Fsp3) is 0.296. The molecule has 11 heteroatoms. The zero-order valence-electron chi connectivity index (χ0n) is 21.8. The number of hydrogen-bond donors (Lipinski definition) is 2. The molecule has 0 saturated carbocycles. The summed E-state index contributed by atoms with van der Waals surface area (Å²) in [5.41, 5.74) is 4.02. The van der Waals surface area contributed by atoms with Crippen LogP contribution in [0.3, 0.4) is 0 Å². The third-order valence-electron chi connectivity index (χ3n) is 6.00. The van der Waals surface area contributed by atoms with Crippen LogP contribution in [0.15, 0.2) is 45.1 Å². The zero-order chi connectivity index (χ0) is 27.6. The Morgan fingerprint density at radius 1 is 1.13 bits per heavy atom. The van der Waals surface area contributed by atoms with Crippen molar-refractivity contribution >= 4 is 33.1 Å². The van der Waals surface area contributed by atoms with Crippen LogP contribution in [0.1, 0.15) is 56.9 Å². The molecule has 0 aliphatic heterocycles. The minimum Gasteiger partial charge on any atom is -0.488 e. The summed E-state index contributed by atoms with van der Waals surface area (Å²) < 4.78 is 40.2. The number of carbonyl (C=O) groups is 1. The van der Waals surface area contributed by atoms with Crippen LogP contribution in [0.25, 0.3) is 11.1 Å². The highest BCUT2D eigenvalue weighted by molar-refractivity contribution is 7.94. The van der Waals surface area contributed by atoms with Crippen LogP contribution in [-0.2, 0) is 23.1 Å². The van der Waals surface area contributed by atoms with Gasteiger partial charge < -0.3 is 14.4 Å². The van der Waals surface area contributed by atoms with Crippen molar-refractivity contribution in [3.8, 4) is 16.9 Å². The van der Waals surface area contributed by atoms with Crippen molar-refractivity contribution < 1.29 is 27.6 Å². The number of ether oxygens (including phenoxy) is 1. The SMILES string of the molecule is CCCc1nc(C)cc(OCc2ccc(-c3cc(C)sc3S(=O)(=O)Nc3noc(C)c3C)cc2)c1C(=O)O. The summed E-state index contributed by atoms with van der Waals surface area (Å²) in [5.74, 6) is -0.0791. The summed E-state index contributed by atoms with van der Waals surface area (Å²) in [5, 5.41) is 13.6. The summed E-state index contributed by atoms with van der Waals surface area (Å²) in [6.45, 7) is 9.23. The first-order valence-electron chi connectivity index (χ1n) is 12.0. The quantitative estimate of drug-likeness (QED) is 0.241. The average Bonchev–Trinajstić information content (AvgIpc) is 3.40. The summed E-state index contributed by atoms with van der Waals surface area (Å²) in [6.07, 6.45) is 1.31. The highest BCUT2D eigenvalue weighted by atomic mass is 32.2. The molecule has 38 heavy (non-hydrogen) atoms. The second kappa shape index (κ2) is 11.0. The van der Waals surface area contributed by atoms with E-state index in [2.05, 4.69) is 14.9 Å². The Balaban J connectivity index is 1.57. The standard InChI is InChI=1S/C27H29N3O6S2/c1-6-7-22-24(26(31)32)23(12-15(2)28-22)35-14-19-8-10-20(11-9-19)21-13-16(3)37-27(21)38(33,34)30-25-17(4)18(5)36-29-25/h8-13H,6-7,14H2,1-5H3,(H,29,30)(H,31,32). The van der Waals surface area contributed by atoms with E-state index in [4.69, 9.17) is 9.26 Å². The number of aromatic nitrogens is 2. The number of rotatable bonds is 10. The van der Waals surface area contributed by atoms with Gasteiger partial charge in [0.05, 0.1) is 5.69 Å². The van der Waals surface area contributed by atoms with E-state index in [0.29, 0.717) is 34.7 Å². The molecule has 200 valence electrons. The molecule has 0 aliphatic rings. The molecule has 0 spiro atoms. The van der Waals surface area contributed by atoms with Crippen LogP contribution in [0.5, 0.6) is 5.75 Å². The Labute approximate surface area is 225 Å². The first kappa shape index (κ1) is 27.3. The highest BCUT2D eigenvalue weighted by Gasteiger charge is 2.25. The monoisotopic (exact) mass is 555 g/mol. The summed E-state index contributed by atoms with van der Waals surface area (Å²) in [7, 11) is -3.90. The number of pyridine rings is 1. The van der Waals surface area contributed by atoms with Crippen molar-refractivity contribution in [2.75, 3.05) is 4.72 Å². The topological polar surface area (TPSA) is 132 Å². The molecule has 3 aromatic heterocycles. The number of anilines is 1. The number of aromatic carboxylic acids is 1. The number of aryl methyl sites for hydroxylation is 4. The number of carboxylic acids is 1. The van der Waals surface area contributed by atoms with E-state index in [1.165, 1.54) is 11.3 Å². The second-order valence-electron chi connectivity index (χ2n) is 9.00. The third-order valence-corrected chi connectivity index (χ3v) is 8.92. The van der Waals surface area contributed by atoms with E-state index in [0.717, 1.165) is 22.4 Å². The molecule has 2 N–H and O–H groups in total. The molecule has 0 bridgehead atoms. The molecule has 0 amide bonds. The van der Waals surface area contributed by atoms with Gasteiger partial charge in [-0.3, -0.25) is 9.71 Å². The third kappa shape index (κ3) is 5.73. The van der Waals surface area contributed by atoms with Gasteiger partial charge in [-0.1, -0.05) is 42.8 Å². The maximum atomic E-state index is 13.2. The van der Waals surface area contributed by atoms with Crippen LogP contribution in [0.4, 0.5) is 5.82 Å². The van der Waals surface area contributed by atoms with Crippen molar-refractivity contribution in [2.24, 2.45) is 0 Å². The molecule has 4 rings (SSSR count). The lowest BCUT2D eigenvalue weighted by Gasteiger charge is -2.14. The van der Waals surface area contributed by atoms with Gasteiger partial charge >= 0.3 is 5.97 Å². The lowest BCUT2D eigenvalue weighted by Crippen LogP contribution is -2.13. The van der Waals surface area contributed by atoms with Crippen molar-refractivity contribution in [1.82, 2.24) is 10.1 Å². The Hall–Kier alpha value is -3.70. The summed E-state index contributed by atoms with van der Waals surface area (Å²) >= 11 is 1.18. The van der Waals surface area contributed by atoms with E-state index in [9.17, 15) is 18.3 Å². The maximum Gasteiger partial charge on any atom is 0.341 e. The zero-order valence-corrected chi connectivity index (χ0v) is 23.4. The molecule has 4 aromatic rings. The van der Waals surface area contributed by atoms with Crippen molar-refractivity contribution in [3.63, 3.8) is 0 Å². The first-order chi connectivity index (χ1) is 18.0. The Bertz CT molecular complexity index is 1590. The van der Waals surface area contributed by atoms with E-state index in [1.807, 2.05) is 44.2 Å².